The number of nitrogens with zero attached hydrogens (tertiary/aromatic N) is 1. The highest BCUT2D eigenvalue weighted by atomic mass is 16.4. The van der Waals surface area contributed by atoms with Crippen molar-refractivity contribution in [1.29, 1.82) is 0 Å². The summed E-state index contributed by atoms with van der Waals surface area (Å²) in [7, 11) is 0. The molecule has 0 saturated carbocycles. The van der Waals surface area contributed by atoms with Crippen LogP contribution in [-0.4, -0.2) is 21.3 Å². The molecule has 2 rings (SSSR count). The summed E-state index contributed by atoms with van der Waals surface area (Å²) < 4.78 is 0. The Bertz CT molecular complexity index is 517. The summed E-state index contributed by atoms with van der Waals surface area (Å²) in [4.78, 5) is 10.5. The SMILES string of the molecule is Cc1c(-c2ccccc2)n[nH]c1CCC(=O)O. The Morgan fingerprint density at radius 1 is 1.35 bits per heavy atom. The highest BCUT2D eigenvalue weighted by Crippen LogP contribution is 2.23. The Morgan fingerprint density at radius 2 is 2.06 bits per heavy atom. The van der Waals surface area contributed by atoms with Gasteiger partial charge in [0.05, 0.1) is 12.1 Å². The number of aryl methyl sites for hydroxylation is 1. The Balaban J connectivity index is 2.24. The first-order valence-corrected chi connectivity index (χ1v) is 5.49. The summed E-state index contributed by atoms with van der Waals surface area (Å²) in [6.07, 6.45) is 0.609. The maximum atomic E-state index is 10.5. The van der Waals surface area contributed by atoms with E-state index in [1.165, 1.54) is 0 Å². The summed E-state index contributed by atoms with van der Waals surface area (Å²) in [5, 5.41) is 15.8. The van der Waals surface area contributed by atoms with Crippen LogP contribution in [0.4, 0.5) is 0 Å². The molecule has 4 nitrogen and oxygen atoms in total. The molecule has 0 aliphatic carbocycles. The summed E-state index contributed by atoms with van der Waals surface area (Å²) in [6.45, 7) is 1.96. The number of carboxylic acid groups (broad SMARTS) is 1. The predicted octanol–water partition coefficient (Wildman–Crippen LogP) is 2.40. The minimum atomic E-state index is -0.791. The van der Waals surface area contributed by atoms with Crippen LogP contribution in [0.15, 0.2) is 30.3 Å². The molecule has 0 aliphatic rings. The molecule has 0 amide bonds. The molecule has 0 aliphatic heterocycles. The fourth-order valence-electron chi connectivity index (χ4n) is 1.79. The van der Waals surface area contributed by atoms with Crippen molar-refractivity contribution in [3.8, 4) is 11.3 Å². The molecular formula is C13H14N2O2. The largest absolute Gasteiger partial charge is 0.481 e. The zero-order valence-electron chi connectivity index (χ0n) is 9.60. The monoisotopic (exact) mass is 230 g/mol. The highest BCUT2D eigenvalue weighted by molar-refractivity contribution is 5.68. The molecule has 2 N–H and O–H groups in total. The average Bonchev–Trinajstić information content (AvgIpc) is 2.69. The van der Waals surface area contributed by atoms with Crippen LogP contribution < -0.4 is 0 Å². The zero-order valence-corrected chi connectivity index (χ0v) is 9.60. The number of aromatic nitrogens is 2. The van der Waals surface area contributed by atoms with Gasteiger partial charge in [-0.25, -0.2) is 0 Å². The van der Waals surface area contributed by atoms with Crippen LogP contribution in [0.25, 0.3) is 11.3 Å². The van der Waals surface area contributed by atoms with E-state index in [-0.39, 0.29) is 6.42 Å². The number of rotatable bonds is 4. The van der Waals surface area contributed by atoms with Crippen molar-refractivity contribution >= 4 is 5.97 Å². The minimum Gasteiger partial charge on any atom is -0.481 e. The number of hydrogen-bond donors (Lipinski definition) is 2. The zero-order chi connectivity index (χ0) is 12.3. The summed E-state index contributed by atoms with van der Waals surface area (Å²) >= 11 is 0. The lowest BCUT2D eigenvalue weighted by atomic mass is 10.1. The smallest absolute Gasteiger partial charge is 0.303 e. The van der Waals surface area contributed by atoms with Gasteiger partial charge in [-0.3, -0.25) is 9.89 Å². The lowest BCUT2D eigenvalue weighted by molar-refractivity contribution is -0.136. The number of benzene rings is 1. The molecule has 1 aromatic carbocycles. The van der Waals surface area contributed by atoms with Gasteiger partial charge in [0, 0.05) is 11.3 Å². The van der Waals surface area contributed by atoms with Crippen LogP contribution >= 0.6 is 0 Å². The molecule has 0 atom stereocenters. The van der Waals surface area contributed by atoms with E-state index in [1.54, 1.807) is 0 Å². The average molecular weight is 230 g/mol. The number of hydrogen-bond acceptors (Lipinski definition) is 2. The molecule has 0 radical (unpaired) electrons. The maximum Gasteiger partial charge on any atom is 0.303 e. The quantitative estimate of drug-likeness (QED) is 0.847. The van der Waals surface area contributed by atoms with Crippen LogP contribution in [0.3, 0.4) is 0 Å². The van der Waals surface area contributed by atoms with Crippen molar-refractivity contribution in [3.63, 3.8) is 0 Å². The molecule has 4 heteroatoms. The number of H-pyrrole nitrogens is 1. The van der Waals surface area contributed by atoms with Gasteiger partial charge < -0.3 is 5.11 Å². The first-order chi connectivity index (χ1) is 8.18. The van der Waals surface area contributed by atoms with Crippen LogP contribution in [0.1, 0.15) is 17.7 Å². The number of aliphatic carboxylic acids is 1. The standard InChI is InChI=1S/C13H14N2O2/c1-9-11(7-8-12(16)17)14-15-13(9)10-5-3-2-4-6-10/h2-6H,7-8H2,1H3,(H,14,15)(H,16,17). The van der Waals surface area contributed by atoms with E-state index in [9.17, 15) is 4.79 Å². The summed E-state index contributed by atoms with van der Waals surface area (Å²) in [5.74, 6) is -0.791. The Labute approximate surface area is 99.3 Å². The van der Waals surface area contributed by atoms with E-state index in [4.69, 9.17) is 5.11 Å². The number of nitrogens with one attached hydrogen (secondary N) is 1. The fourth-order valence-corrected chi connectivity index (χ4v) is 1.79. The normalized spacial score (nSPS) is 10.4. The molecule has 0 saturated heterocycles. The van der Waals surface area contributed by atoms with E-state index in [0.717, 1.165) is 22.5 Å². The van der Waals surface area contributed by atoms with Crippen molar-refractivity contribution in [2.45, 2.75) is 19.8 Å². The molecule has 17 heavy (non-hydrogen) atoms. The molecule has 0 unspecified atom stereocenters. The second kappa shape index (κ2) is 4.82. The Kier molecular flexibility index (Phi) is 3.23. The number of aromatic amines is 1. The molecule has 88 valence electrons. The fraction of sp³-hybridized carbons (Fsp3) is 0.231. The lowest BCUT2D eigenvalue weighted by Gasteiger charge is -1.99. The second-order valence-corrected chi connectivity index (χ2v) is 3.94. The summed E-state index contributed by atoms with van der Waals surface area (Å²) in [6, 6.07) is 9.85. The topological polar surface area (TPSA) is 66.0 Å². The van der Waals surface area contributed by atoms with Crippen LogP contribution in [0.2, 0.25) is 0 Å². The molecule has 2 aromatic rings. The van der Waals surface area contributed by atoms with Crippen molar-refractivity contribution < 1.29 is 9.90 Å². The van der Waals surface area contributed by atoms with Gasteiger partial charge in [-0.05, 0) is 18.9 Å². The van der Waals surface area contributed by atoms with Crippen molar-refractivity contribution in [2.24, 2.45) is 0 Å². The molecule has 1 aromatic heterocycles. The van der Waals surface area contributed by atoms with Crippen molar-refractivity contribution in [3.05, 3.63) is 41.6 Å². The van der Waals surface area contributed by atoms with Gasteiger partial charge in [0.2, 0.25) is 0 Å². The molecule has 0 bridgehead atoms. The minimum absolute atomic E-state index is 0.122. The first-order valence-electron chi connectivity index (χ1n) is 5.49. The second-order valence-electron chi connectivity index (χ2n) is 3.94. The third kappa shape index (κ3) is 2.53. The predicted molar refractivity (Wildman–Crippen MR) is 64.7 cm³/mol. The van der Waals surface area contributed by atoms with E-state index in [0.29, 0.717) is 6.42 Å². The van der Waals surface area contributed by atoms with Gasteiger partial charge in [-0.1, -0.05) is 30.3 Å². The maximum absolute atomic E-state index is 10.5. The third-order valence-corrected chi connectivity index (χ3v) is 2.75. The van der Waals surface area contributed by atoms with Crippen molar-refractivity contribution in [1.82, 2.24) is 10.2 Å². The Hall–Kier alpha value is -2.10. The van der Waals surface area contributed by atoms with Gasteiger partial charge in [0.15, 0.2) is 0 Å². The van der Waals surface area contributed by atoms with Crippen molar-refractivity contribution in [2.75, 3.05) is 0 Å². The van der Waals surface area contributed by atoms with E-state index >= 15 is 0 Å². The highest BCUT2D eigenvalue weighted by Gasteiger charge is 2.11. The van der Waals surface area contributed by atoms with Crippen LogP contribution in [-0.2, 0) is 11.2 Å². The Morgan fingerprint density at radius 3 is 2.71 bits per heavy atom. The van der Waals surface area contributed by atoms with E-state index < -0.39 is 5.97 Å². The van der Waals surface area contributed by atoms with E-state index in [2.05, 4.69) is 10.2 Å². The van der Waals surface area contributed by atoms with Gasteiger partial charge in [-0.15, -0.1) is 0 Å². The first kappa shape index (κ1) is 11.4. The van der Waals surface area contributed by atoms with Gasteiger partial charge >= 0.3 is 5.97 Å². The molecular weight excluding hydrogens is 216 g/mol. The molecule has 0 spiro atoms. The number of carboxylic acids is 1. The van der Waals surface area contributed by atoms with Crippen LogP contribution in [0, 0.1) is 6.92 Å². The summed E-state index contributed by atoms with van der Waals surface area (Å²) in [5.41, 5.74) is 3.86. The number of carbonyl (C=O) groups is 1. The van der Waals surface area contributed by atoms with Gasteiger partial charge in [0.25, 0.3) is 0 Å². The van der Waals surface area contributed by atoms with Crippen LogP contribution in [0.5, 0.6) is 0 Å². The third-order valence-electron chi connectivity index (χ3n) is 2.75. The molecule has 1 heterocycles. The van der Waals surface area contributed by atoms with Gasteiger partial charge in [0.1, 0.15) is 0 Å². The van der Waals surface area contributed by atoms with E-state index in [1.807, 2.05) is 37.3 Å². The lowest BCUT2D eigenvalue weighted by Crippen LogP contribution is -1.98. The van der Waals surface area contributed by atoms with Gasteiger partial charge in [-0.2, -0.15) is 5.10 Å². The molecule has 0 fully saturated rings.